The number of benzene rings is 1. The van der Waals surface area contributed by atoms with Crippen molar-refractivity contribution in [1.29, 1.82) is 0 Å². The minimum Gasteiger partial charge on any atom is -0.287 e. The van der Waals surface area contributed by atoms with Crippen LogP contribution in [-0.4, -0.2) is 34.0 Å². The number of nitro benzene ring substituents is 1. The van der Waals surface area contributed by atoms with Gasteiger partial charge in [-0.3, -0.25) is 24.8 Å². The number of carbonyl (C=O) groups excluding carboxylic acids is 1. The number of hydrogen-bond donors (Lipinski definition) is 0. The van der Waals surface area contributed by atoms with Crippen LogP contribution in [-0.2, 0) is 4.79 Å². The van der Waals surface area contributed by atoms with Crippen LogP contribution in [0.25, 0.3) is 6.08 Å². The zero-order chi connectivity index (χ0) is 15.4. The van der Waals surface area contributed by atoms with Crippen molar-refractivity contribution in [3.63, 3.8) is 0 Å². The fourth-order valence-corrected chi connectivity index (χ4v) is 3.02. The Kier molecular flexibility index (Phi) is 4.74. The van der Waals surface area contributed by atoms with Crippen molar-refractivity contribution in [2.75, 3.05) is 13.1 Å². The van der Waals surface area contributed by atoms with Crippen molar-refractivity contribution < 1.29 is 9.72 Å². The molecule has 0 radical (unpaired) electrons. The molecule has 1 aromatic carbocycles. The van der Waals surface area contributed by atoms with E-state index in [-0.39, 0.29) is 11.6 Å². The third kappa shape index (κ3) is 3.30. The number of nitrogens with zero attached hydrogens (tertiary/aromatic N) is 3. The summed E-state index contributed by atoms with van der Waals surface area (Å²) in [6, 6.07) is 6.21. The molecule has 2 rings (SSSR count). The van der Waals surface area contributed by atoms with Gasteiger partial charge in [0.25, 0.3) is 11.6 Å². The number of rotatable bonds is 4. The zero-order valence-electron chi connectivity index (χ0n) is 11.8. The molecular formula is C14H15N3O3S. The summed E-state index contributed by atoms with van der Waals surface area (Å²) >= 11 is 1.30. The van der Waals surface area contributed by atoms with Crippen LogP contribution in [0.5, 0.6) is 0 Å². The van der Waals surface area contributed by atoms with Gasteiger partial charge in [0.2, 0.25) is 0 Å². The average molecular weight is 305 g/mol. The minimum absolute atomic E-state index is 0.00888. The number of nitro groups is 1. The van der Waals surface area contributed by atoms with Crippen molar-refractivity contribution in [1.82, 2.24) is 4.90 Å². The van der Waals surface area contributed by atoms with Gasteiger partial charge in [-0.25, -0.2) is 0 Å². The van der Waals surface area contributed by atoms with Crippen molar-refractivity contribution >= 4 is 34.6 Å². The van der Waals surface area contributed by atoms with E-state index in [0.717, 1.165) is 0 Å². The maximum absolute atomic E-state index is 12.3. The molecule has 0 aliphatic carbocycles. The second-order valence-electron chi connectivity index (χ2n) is 4.27. The van der Waals surface area contributed by atoms with Gasteiger partial charge >= 0.3 is 0 Å². The van der Waals surface area contributed by atoms with E-state index < -0.39 is 4.92 Å². The molecule has 1 fully saturated rings. The fraction of sp³-hybridized carbons (Fsp3) is 0.286. The number of amidine groups is 1. The lowest BCUT2D eigenvalue weighted by Crippen LogP contribution is -2.28. The van der Waals surface area contributed by atoms with Crippen LogP contribution >= 0.6 is 11.8 Å². The van der Waals surface area contributed by atoms with E-state index in [1.54, 1.807) is 23.1 Å². The van der Waals surface area contributed by atoms with Crippen molar-refractivity contribution in [2.45, 2.75) is 13.8 Å². The zero-order valence-corrected chi connectivity index (χ0v) is 12.6. The van der Waals surface area contributed by atoms with Crippen LogP contribution in [0.4, 0.5) is 5.69 Å². The molecule has 0 atom stereocenters. The first-order chi connectivity index (χ1) is 10.1. The first kappa shape index (κ1) is 15.2. The highest BCUT2D eigenvalue weighted by Crippen LogP contribution is 2.32. The second kappa shape index (κ2) is 6.53. The lowest BCUT2D eigenvalue weighted by molar-refractivity contribution is -0.384. The number of amides is 1. The molecule has 6 nitrogen and oxygen atoms in total. The van der Waals surface area contributed by atoms with Crippen molar-refractivity contribution in [2.24, 2.45) is 4.99 Å². The third-order valence-corrected chi connectivity index (χ3v) is 3.92. The van der Waals surface area contributed by atoms with Gasteiger partial charge in [-0.2, -0.15) is 0 Å². The minimum atomic E-state index is -0.450. The van der Waals surface area contributed by atoms with Gasteiger partial charge in [0.1, 0.15) is 0 Å². The molecule has 1 heterocycles. The van der Waals surface area contributed by atoms with Crippen molar-refractivity contribution in [3.8, 4) is 0 Å². The standard InChI is InChI=1S/C14H15N3O3S/c1-3-15-14-16(4-2)13(18)12(21-14)9-10-6-5-7-11(8-10)17(19)20/h5-9H,3-4H2,1-2H3/b12-9-,15-14?. The molecule has 110 valence electrons. The number of non-ortho nitro benzene ring substituents is 1. The lowest BCUT2D eigenvalue weighted by atomic mass is 10.2. The molecule has 7 heteroatoms. The van der Waals surface area contributed by atoms with Gasteiger partial charge in [-0.1, -0.05) is 12.1 Å². The summed E-state index contributed by atoms with van der Waals surface area (Å²) in [5.41, 5.74) is 0.642. The molecule has 21 heavy (non-hydrogen) atoms. The quantitative estimate of drug-likeness (QED) is 0.487. The van der Waals surface area contributed by atoms with E-state index >= 15 is 0 Å². The summed E-state index contributed by atoms with van der Waals surface area (Å²) in [5, 5.41) is 11.5. The van der Waals surface area contributed by atoms with E-state index in [1.165, 1.54) is 23.9 Å². The molecular weight excluding hydrogens is 290 g/mol. The molecule has 1 aromatic rings. The lowest BCUT2D eigenvalue weighted by Gasteiger charge is -2.11. The maximum Gasteiger partial charge on any atom is 0.270 e. The van der Waals surface area contributed by atoms with Crippen LogP contribution in [0.3, 0.4) is 0 Å². The largest absolute Gasteiger partial charge is 0.287 e. The number of likely N-dealkylation sites (N-methyl/N-ethyl adjacent to an activating group) is 1. The summed E-state index contributed by atoms with van der Waals surface area (Å²) < 4.78 is 0. The fourth-order valence-electron chi connectivity index (χ4n) is 1.92. The predicted octanol–water partition coefficient (Wildman–Crippen LogP) is 2.91. The first-order valence-electron chi connectivity index (χ1n) is 6.57. The third-order valence-electron chi connectivity index (χ3n) is 2.88. The Hall–Kier alpha value is -2.15. The predicted molar refractivity (Wildman–Crippen MR) is 84.0 cm³/mol. The number of hydrogen-bond acceptors (Lipinski definition) is 5. The highest BCUT2D eigenvalue weighted by Gasteiger charge is 2.31. The summed E-state index contributed by atoms with van der Waals surface area (Å²) in [7, 11) is 0. The highest BCUT2D eigenvalue weighted by atomic mass is 32.2. The van der Waals surface area contributed by atoms with Gasteiger partial charge in [-0.15, -0.1) is 0 Å². The van der Waals surface area contributed by atoms with Crippen LogP contribution in [0.2, 0.25) is 0 Å². The molecule has 0 spiro atoms. The topological polar surface area (TPSA) is 75.8 Å². The van der Waals surface area contributed by atoms with E-state index in [0.29, 0.717) is 28.7 Å². The van der Waals surface area contributed by atoms with E-state index in [2.05, 4.69) is 4.99 Å². The first-order valence-corrected chi connectivity index (χ1v) is 7.38. The van der Waals surface area contributed by atoms with E-state index in [9.17, 15) is 14.9 Å². The van der Waals surface area contributed by atoms with Crippen LogP contribution in [0, 0.1) is 10.1 Å². The molecule has 0 unspecified atom stereocenters. The number of aliphatic imine (C=N–C) groups is 1. The Balaban J connectivity index is 2.33. The molecule has 1 saturated heterocycles. The maximum atomic E-state index is 12.3. The molecule has 1 aliphatic heterocycles. The van der Waals surface area contributed by atoms with Gasteiger partial charge < -0.3 is 0 Å². The van der Waals surface area contributed by atoms with E-state index in [4.69, 9.17) is 0 Å². The SMILES string of the molecule is CCN=C1S/C(=C\c2cccc([N+](=O)[O-])c2)C(=O)N1CC. The second-order valence-corrected chi connectivity index (χ2v) is 5.28. The Morgan fingerprint density at radius 1 is 1.43 bits per heavy atom. The number of carbonyl (C=O) groups is 1. The Morgan fingerprint density at radius 2 is 2.19 bits per heavy atom. The molecule has 0 saturated carbocycles. The van der Waals surface area contributed by atoms with E-state index in [1.807, 2.05) is 13.8 Å². The summed E-state index contributed by atoms with van der Waals surface area (Å²) in [4.78, 5) is 29.0. The van der Waals surface area contributed by atoms with Crippen LogP contribution < -0.4 is 0 Å². The molecule has 1 aliphatic rings. The Labute approximate surface area is 126 Å². The monoisotopic (exact) mass is 305 g/mol. The average Bonchev–Trinajstić information content (AvgIpc) is 2.75. The Bertz CT molecular complexity index is 640. The molecule has 0 bridgehead atoms. The Morgan fingerprint density at radius 3 is 2.81 bits per heavy atom. The van der Waals surface area contributed by atoms with Gasteiger partial charge in [0.05, 0.1) is 9.83 Å². The van der Waals surface area contributed by atoms with Crippen LogP contribution in [0.1, 0.15) is 19.4 Å². The molecule has 1 amide bonds. The smallest absolute Gasteiger partial charge is 0.270 e. The van der Waals surface area contributed by atoms with Gasteiger partial charge in [-0.05, 0) is 37.2 Å². The summed E-state index contributed by atoms with van der Waals surface area (Å²) in [6.45, 7) is 4.96. The highest BCUT2D eigenvalue weighted by molar-refractivity contribution is 8.18. The molecule has 0 aromatic heterocycles. The molecule has 0 N–H and O–H groups in total. The summed E-state index contributed by atoms with van der Waals surface area (Å²) in [6.07, 6.45) is 1.67. The van der Waals surface area contributed by atoms with Gasteiger partial charge in [0, 0.05) is 25.2 Å². The van der Waals surface area contributed by atoms with Crippen molar-refractivity contribution in [3.05, 3.63) is 44.8 Å². The van der Waals surface area contributed by atoms with Gasteiger partial charge in [0.15, 0.2) is 5.17 Å². The van der Waals surface area contributed by atoms with Crippen LogP contribution in [0.15, 0.2) is 34.2 Å². The normalized spacial score (nSPS) is 18.8. The summed E-state index contributed by atoms with van der Waals surface area (Å²) in [5.74, 6) is -0.110. The number of thioether (sulfide) groups is 1.